The molecule has 11 aromatic carbocycles. The SMILES string of the molecule is c1ccc(C(c2ccccc2)(c2ccccc2)c2cccc(-c3nc(-n4c5ccccc5c5ccccc54)cc(-n4c5ccccc5c5ccc([Si](c6ccccc6)(c6ccccc6)c6ccccc6)cc54)n3)c2)cc1. The minimum Gasteiger partial charge on any atom is -0.294 e. The van der Waals surface area contributed by atoms with Crippen molar-refractivity contribution >= 4 is 72.4 Å². The van der Waals surface area contributed by atoms with E-state index in [9.17, 15) is 0 Å². The van der Waals surface area contributed by atoms with Gasteiger partial charge in [-0.1, -0.05) is 267 Å². The molecule has 76 heavy (non-hydrogen) atoms. The predicted molar refractivity (Wildman–Crippen MR) is 318 cm³/mol. The maximum Gasteiger partial charge on any atom is 0.179 e. The second kappa shape index (κ2) is 18.7. The monoisotopic (exact) mass is 986 g/mol. The van der Waals surface area contributed by atoms with Gasteiger partial charge in [0.25, 0.3) is 0 Å². The van der Waals surface area contributed by atoms with Crippen LogP contribution in [0.4, 0.5) is 0 Å². The van der Waals surface area contributed by atoms with Gasteiger partial charge in [0, 0.05) is 33.2 Å². The molecule has 0 fully saturated rings. The molecule has 0 aliphatic heterocycles. The van der Waals surface area contributed by atoms with Crippen molar-refractivity contribution < 1.29 is 0 Å². The Balaban J connectivity index is 1.08. The van der Waals surface area contributed by atoms with Crippen molar-refractivity contribution in [1.29, 1.82) is 0 Å². The van der Waals surface area contributed by atoms with Crippen molar-refractivity contribution in [3.63, 3.8) is 0 Å². The zero-order chi connectivity index (χ0) is 50.5. The maximum atomic E-state index is 5.77. The fraction of sp³-hybridized carbons (Fsp3) is 0.0141. The second-order valence-electron chi connectivity index (χ2n) is 19.6. The summed E-state index contributed by atoms with van der Waals surface area (Å²) in [6.45, 7) is 0. The molecule has 0 aliphatic rings. The summed E-state index contributed by atoms with van der Waals surface area (Å²) in [6, 6.07) is 111. The highest BCUT2D eigenvalue weighted by molar-refractivity contribution is 7.20. The fourth-order valence-corrected chi connectivity index (χ4v) is 17.2. The summed E-state index contributed by atoms with van der Waals surface area (Å²) >= 11 is 0. The third-order valence-corrected chi connectivity index (χ3v) is 20.4. The topological polar surface area (TPSA) is 35.6 Å². The van der Waals surface area contributed by atoms with Gasteiger partial charge in [-0.3, -0.25) is 9.13 Å². The molecule has 358 valence electrons. The maximum absolute atomic E-state index is 5.77. The molecule has 0 N–H and O–H groups in total. The number of fused-ring (bicyclic) bond motifs is 6. The first-order valence-electron chi connectivity index (χ1n) is 26.1. The van der Waals surface area contributed by atoms with Crippen LogP contribution in [0.25, 0.3) is 66.6 Å². The summed E-state index contributed by atoms with van der Waals surface area (Å²) in [5, 5.41) is 9.93. The number of para-hydroxylation sites is 3. The summed E-state index contributed by atoms with van der Waals surface area (Å²) in [5.41, 5.74) is 9.21. The van der Waals surface area contributed by atoms with Crippen molar-refractivity contribution in [2.75, 3.05) is 0 Å². The highest BCUT2D eigenvalue weighted by Gasteiger charge is 2.42. The van der Waals surface area contributed by atoms with E-state index < -0.39 is 13.5 Å². The smallest absolute Gasteiger partial charge is 0.179 e. The quantitative estimate of drug-likeness (QED) is 0.0956. The van der Waals surface area contributed by atoms with Gasteiger partial charge in [-0.15, -0.1) is 0 Å². The first-order chi connectivity index (χ1) is 37.7. The average Bonchev–Trinajstić information content (AvgIpc) is 4.11. The molecular formula is C71H50N4Si. The summed E-state index contributed by atoms with van der Waals surface area (Å²) in [4.78, 5) is 11.5. The Labute approximate surface area is 443 Å². The van der Waals surface area contributed by atoms with Gasteiger partial charge in [0.15, 0.2) is 13.9 Å². The molecule has 14 rings (SSSR count). The molecule has 0 radical (unpaired) electrons. The molecule has 14 aromatic rings. The van der Waals surface area contributed by atoms with E-state index in [1.807, 2.05) is 0 Å². The zero-order valence-corrected chi connectivity index (χ0v) is 42.7. The third-order valence-electron chi connectivity index (χ3n) is 15.6. The Bertz CT molecular complexity index is 4140. The fourth-order valence-electron chi connectivity index (χ4n) is 12.4. The predicted octanol–water partition coefficient (Wildman–Crippen LogP) is 14.1. The number of aromatic nitrogens is 4. The largest absolute Gasteiger partial charge is 0.294 e. The number of hydrogen-bond acceptors (Lipinski definition) is 2. The highest BCUT2D eigenvalue weighted by Crippen LogP contribution is 2.46. The van der Waals surface area contributed by atoms with Crippen LogP contribution in [0.2, 0.25) is 0 Å². The minimum atomic E-state index is -2.93. The van der Waals surface area contributed by atoms with Crippen molar-refractivity contribution in [2.24, 2.45) is 0 Å². The van der Waals surface area contributed by atoms with E-state index in [2.05, 4.69) is 312 Å². The van der Waals surface area contributed by atoms with Crippen LogP contribution >= 0.6 is 0 Å². The van der Waals surface area contributed by atoms with Crippen LogP contribution in [0.15, 0.2) is 303 Å². The summed E-state index contributed by atoms with van der Waals surface area (Å²) in [6.07, 6.45) is 0. The molecule has 0 saturated heterocycles. The van der Waals surface area contributed by atoms with E-state index in [4.69, 9.17) is 9.97 Å². The Morgan fingerprint density at radius 2 is 0.618 bits per heavy atom. The lowest BCUT2D eigenvalue weighted by molar-refractivity contribution is 0.745. The van der Waals surface area contributed by atoms with Crippen molar-refractivity contribution in [3.05, 3.63) is 326 Å². The molecule has 0 atom stereocenters. The summed E-state index contributed by atoms with van der Waals surface area (Å²) in [7, 11) is -2.93. The van der Waals surface area contributed by atoms with Gasteiger partial charge < -0.3 is 0 Å². The van der Waals surface area contributed by atoms with E-state index in [0.717, 1.165) is 55.6 Å². The first kappa shape index (κ1) is 45.0. The van der Waals surface area contributed by atoms with E-state index in [1.165, 1.54) is 48.2 Å². The van der Waals surface area contributed by atoms with Gasteiger partial charge in [-0.2, -0.15) is 0 Å². The van der Waals surface area contributed by atoms with Crippen LogP contribution in [-0.2, 0) is 5.41 Å². The molecular weight excluding hydrogens is 937 g/mol. The van der Waals surface area contributed by atoms with E-state index >= 15 is 0 Å². The Morgan fingerprint density at radius 3 is 1.05 bits per heavy atom. The molecule has 0 aliphatic carbocycles. The number of hydrogen-bond donors (Lipinski definition) is 0. The van der Waals surface area contributed by atoms with Crippen LogP contribution < -0.4 is 20.7 Å². The van der Waals surface area contributed by atoms with Gasteiger partial charge >= 0.3 is 0 Å². The van der Waals surface area contributed by atoms with Gasteiger partial charge in [0.05, 0.1) is 27.5 Å². The Morgan fingerprint density at radius 1 is 0.263 bits per heavy atom. The zero-order valence-electron chi connectivity index (χ0n) is 41.7. The number of benzene rings is 11. The van der Waals surface area contributed by atoms with E-state index in [1.54, 1.807) is 0 Å². The molecule has 5 heteroatoms. The molecule has 0 bridgehead atoms. The van der Waals surface area contributed by atoms with Gasteiger partial charge in [0.1, 0.15) is 11.6 Å². The van der Waals surface area contributed by atoms with Crippen molar-refractivity contribution in [2.45, 2.75) is 5.41 Å². The molecule has 0 amide bonds. The molecule has 3 heterocycles. The summed E-state index contributed by atoms with van der Waals surface area (Å²) < 4.78 is 4.71. The van der Waals surface area contributed by atoms with Crippen LogP contribution in [0.5, 0.6) is 0 Å². The average molecular weight is 987 g/mol. The highest BCUT2D eigenvalue weighted by atomic mass is 28.3. The van der Waals surface area contributed by atoms with Gasteiger partial charge in [-0.25, -0.2) is 9.97 Å². The normalized spacial score (nSPS) is 11.9. The van der Waals surface area contributed by atoms with Crippen molar-refractivity contribution in [3.8, 4) is 23.0 Å². The standard InChI is InChI=1S/C71H50N4Si/c1-7-27-52(28-8-1)71(53-29-9-2-10-30-53,54-31-11-3-12-32-54)55-33-25-26-51(48-55)70-72-68(74-64-43-22-19-40-60(64)61-41-20-23-44-65(61)74)50-69(73-70)75-66-45-24-21-42-62(66)63-47-46-59(49-67(63)75)76(56-34-13-4-14-35-56,57-36-15-5-16-37-57)58-38-17-6-18-39-58/h1-50H. The second-order valence-corrected chi connectivity index (χ2v) is 23.4. The lowest BCUT2D eigenvalue weighted by Gasteiger charge is -2.37. The van der Waals surface area contributed by atoms with Gasteiger partial charge in [-0.05, 0) is 73.3 Å². The molecule has 0 saturated carbocycles. The molecule has 0 unspecified atom stereocenters. The minimum absolute atomic E-state index is 0.628. The molecule has 0 spiro atoms. The van der Waals surface area contributed by atoms with Crippen LogP contribution in [0.3, 0.4) is 0 Å². The van der Waals surface area contributed by atoms with Crippen LogP contribution in [-0.4, -0.2) is 27.2 Å². The lowest BCUT2D eigenvalue weighted by atomic mass is 9.65. The first-order valence-corrected chi connectivity index (χ1v) is 28.1. The third kappa shape index (κ3) is 7.12. The summed E-state index contributed by atoms with van der Waals surface area (Å²) in [5.74, 6) is 2.19. The lowest BCUT2D eigenvalue weighted by Crippen LogP contribution is -2.74. The molecule has 3 aromatic heterocycles. The van der Waals surface area contributed by atoms with E-state index in [-0.39, 0.29) is 0 Å². The van der Waals surface area contributed by atoms with Crippen molar-refractivity contribution in [1.82, 2.24) is 19.1 Å². The Kier molecular flexibility index (Phi) is 11.0. The molecule has 4 nitrogen and oxygen atoms in total. The Hall–Kier alpha value is -9.68. The number of rotatable bonds is 11. The van der Waals surface area contributed by atoms with Gasteiger partial charge in [0.2, 0.25) is 0 Å². The van der Waals surface area contributed by atoms with Crippen LogP contribution in [0.1, 0.15) is 22.3 Å². The number of nitrogens with zero attached hydrogens (tertiary/aromatic N) is 4. The van der Waals surface area contributed by atoms with Crippen LogP contribution in [0, 0.1) is 0 Å². The van der Waals surface area contributed by atoms with E-state index in [0.29, 0.717) is 5.82 Å².